The fourth-order valence-corrected chi connectivity index (χ4v) is 0.904. The molecule has 0 aromatic rings. The van der Waals surface area contributed by atoms with Gasteiger partial charge in [0.05, 0.1) is 16.1 Å². The second-order valence-electron chi connectivity index (χ2n) is 2.41. The zero-order chi connectivity index (χ0) is 9.30. The van der Waals surface area contributed by atoms with Gasteiger partial charge in [-0.2, -0.15) is 0 Å². The first-order valence-corrected chi connectivity index (χ1v) is 3.17. The van der Waals surface area contributed by atoms with E-state index in [1.54, 1.807) is 0 Å². The summed E-state index contributed by atoms with van der Waals surface area (Å²) in [6.07, 6.45) is 0. The molecule has 66 valence electrons. The van der Waals surface area contributed by atoms with Crippen LogP contribution >= 0.6 is 0 Å². The Morgan fingerprint density at radius 1 is 1.58 bits per heavy atom. The van der Waals surface area contributed by atoms with Gasteiger partial charge in [0.1, 0.15) is 6.54 Å². The molecule has 8 heteroatoms. The maximum Gasteiger partial charge on any atom is 0.372 e. The normalized spacial score (nSPS) is 22.2. The highest BCUT2D eigenvalue weighted by molar-refractivity contribution is 5.77. The van der Waals surface area contributed by atoms with E-state index in [1.807, 2.05) is 0 Å². The quantitative estimate of drug-likeness (QED) is 0.401. The number of amidine groups is 1. The van der Waals surface area contributed by atoms with Crippen molar-refractivity contribution < 1.29 is 9.96 Å². The zero-order valence-electron chi connectivity index (χ0n) is 6.21. The molecule has 1 unspecified atom stereocenters. The molecule has 1 rings (SSSR count). The van der Waals surface area contributed by atoms with Crippen LogP contribution < -0.4 is 0 Å². The van der Waals surface area contributed by atoms with E-state index in [9.17, 15) is 20.2 Å². The maximum absolute atomic E-state index is 10.2. The van der Waals surface area contributed by atoms with Crippen molar-refractivity contribution in [2.45, 2.75) is 6.92 Å². The van der Waals surface area contributed by atoms with Crippen LogP contribution in [0.4, 0.5) is 0 Å². The lowest BCUT2D eigenvalue weighted by Crippen LogP contribution is -2.24. The van der Waals surface area contributed by atoms with E-state index in [1.165, 1.54) is 6.92 Å². The summed E-state index contributed by atoms with van der Waals surface area (Å²) in [5.41, 5.74) is 0. The van der Waals surface area contributed by atoms with Crippen molar-refractivity contribution in [1.82, 2.24) is 5.12 Å². The number of hydrazone groups is 1. The minimum absolute atomic E-state index is 0.0384. The maximum atomic E-state index is 10.2. The average molecular weight is 174 g/mol. The molecule has 0 radical (unpaired) electrons. The number of hydrazine groups is 1. The van der Waals surface area contributed by atoms with Gasteiger partial charge in [0.15, 0.2) is 0 Å². The second-order valence-corrected chi connectivity index (χ2v) is 2.41. The van der Waals surface area contributed by atoms with E-state index in [-0.39, 0.29) is 12.4 Å². The average Bonchev–Trinajstić information content (AvgIpc) is 2.30. The minimum Gasteiger partial charge on any atom is -0.358 e. The first-order valence-electron chi connectivity index (χ1n) is 3.17. The van der Waals surface area contributed by atoms with Crippen molar-refractivity contribution in [1.29, 1.82) is 0 Å². The standard InChI is InChI=1S/C4H6N4O4/c1-3-2-6(8(11)12)5-4(3)7(9)10/h3H,2H2,1H3. The molecule has 0 saturated heterocycles. The van der Waals surface area contributed by atoms with E-state index < -0.39 is 15.9 Å². The van der Waals surface area contributed by atoms with Gasteiger partial charge in [-0.25, -0.2) is 0 Å². The molecule has 0 amide bonds. The van der Waals surface area contributed by atoms with Crippen molar-refractivity contribution in [2.75, 3.05) is 6.54 Å². The lowest BCUT2D eigenvalue weighted by molar-refractivity contribution is -0.655. The molecule has 8 nitrogen and oxygen atoms in total. The van der Waals surface area contributed by atoms with Gasteiger partial charge in [0.25, 0.3) is 0 Å². The molecular weight excluding hydrogens is 168 g/mol. The third-order valence-electron chi connectivity index (χ3n) is 1.47. The summed E-state index contributed by atoms with van der Waals surface area (Å²) in [6, 6.07) is 0. The van der Waals surface area contributed by atoms with Crippen LogP contribution in [0.3, 0.4) is 0 Å². The van der Waals surface area contributed by atoms with Gasteiger partial charge < -0.3 is 20.2 Å². The van der Waals surface area contributed by atoms with Crippen LogP contribution in [0, 0.1) is 26.1 Å². The van der Waals surface area contributed by atoms with Gasteiger partial charge in [0, 0.05) is 5.12 Å². The van der Waals surface area contributed by atoms with Gasteiger partial charge >= 0.3 is 5.84 Å². The Bertz CT molecular complexity index is 262. The molecule has 0 aromatic carbocycles. The minimum atomic E-state index is -0.771. The molecule has 1 aliphatic heterocycles. The molecule has 0 spiro atoms. The molecule has 0 saturated carbocycles. The van der Waals surface area contributed by atoms with Gasteiger partial charge in [-0.3, -0.25) is 0 Å². The summed E-state index contributed by atoms with van der Waals surface area (Å²) in [5.74, 6) is -0.850. The Labute approximate surface area is 66.7 Å². The molecular formula is C4H6N4O4. The van der Waals surface area contributed by atoms with Crippen molar-refractivity contribution in [3.05, 3.63) is 20.2 Å². The highest BCUT2D eigenvalue weighted by Gasteiger charge is 2.37. The Hall–Kier alpha value is -1.73. The van der Waals surface area contributed by atoms with E-state index in [2.05, 4.69) is 5.10 Å². The third-order valence-corrected chi connectivity index (χ3v) is 1.47. The van der Waals surface area contributed by atoms with Crippen molar-refractivity contribution >= 4 is 5.84 Å². The first kappa shape index (κ1) is 8.37. The largest absolute Gasteiger partial charge is 0.372 e. The topological polar surface area (TPSA) is 102 Å². The van der Waals surface area contributed by atoms with Crippen LogP contribution in [-0.4, -0.2) is 27.5 Å². The lowest BCUT2D eigenvalue weighted by atomic mass is 10.2. The van der Waals surface area contributed by atoms with Crippen LogP contribution in [0.25, 0.3) is 0 Å². The molecule has 1 atom stereocenters. The molecule has 1 aliphatic rings. The van der Waals surface area contributed by atoms with Crippen molar-refractivity contribution in [2.24, 2.45) is 11.0 Å². The molecule has 0 fully saturated rings. The van der Waals surface area contributed by atoms with E-state index in [4.69, 9.17) is 0 Å². The molecule has 0 bridgehead atoms. The zero-order valence-corrected chi connectivity index (χ0v) is 6.21. The predicted molar refractivity (Wildman–Crippen MR) is 37.3 cm³/mol. The van der Waals surface area contributed by atoms with Crippen LogP contribution in [-0.2, 0) is 0 Å². The summed E-state index contributed by atoms with van der Waals surface area (Å²) in [5, 5.41) is 23.2. The smallest absolute Gasteiger partial charge is 0.358 e. The predicted octanol–water partition coefficient (Wildman–Crippen LogP) is -0.280. The number of hydrogen-bond acceptors (Lipinski definition) is 5. The van der Waals surface area contributed by atoms with E-state index >= 15 is 0 Å². The van der Waals surface area contributed by atoms with Crippen LogP contribution in [0.2, 0.25) is 0 Å². The van der Waals surface area contributed by atoms with Crippen LogP contribution in [0.1, 0.15) is 6.92 Å². The first-order chi connectivity index (χ1) is 5.52. The third kappa shape index (κ3) is 1.31. The summed E-state index contributed by atoms with van der Waals surface area (Å²) in [7, 11) is 0. The van der Waals surface area contributed by atoms with Gasteiger partial charge in [-0.05, 0) is 11.8 Å². The summed E-state index contributed by atoms with van der Waals surface area (Å²) in [6.45, 7) is 1.48. The number of hydrogen-bond donors (Lipinski definition) is 0. The Balaban J connectivity index is 2.81. The Morgan fingerprint density at radius 2 is 2.17 bits per heavy atom. The summed E-state index contributed by atoms with van der Waals surface area (Å²) >= 11 is 0. The number of rotatable bonds is 1. The van der Waals surface area contributed by atoms with Crippen molar-refractivity contribution in [3.63, 3.8) is 0 Å². The van der Waals surface area contributed by atoms with Crippen molar-refractivity contribution in [3.8, 4) is 0 Å². The number of nitrogens with zero attached hydrogens (tertiary/aromatic N) is 4. The van der Waals surface area contributed by atoms with E-state index in [0.29, 0.717) is 5.12 Å². The van der Waals surface area contributed by atoms with E-state index in [0.717, 1.165) is 0 Å². The molecule has 0 aliphatic carbocycles. The SMILES string of the molecule is CC1CN([N+](=O)[O-])N=C1[N+](=O)[O-]. The second kappa shape index (κ2) is 2.72. The fraction of sp³-hybridized carbons (Fsp3) is 0.750. The highest BCUT2D eigenvalue weighted by atomic mass is 16.7. The highest BCUT2D eigenvalue weighted by Crippen LogP contribution is 2.12. The molecule has 12 heavy (non-hydrogen) atoms. The van der Waals surface area contributed by atoms with Gasteiger partial charge in [-0.1, -0.05) is 0 Å². The molecule has 1 heterocycles. The summed E-state index contributed by atoms with van der Waals surface area (Å²) < 4.78 is 0. The fourth-order valence-electron chi connectivity index (χ4n) is 0.904. The molecule has 0 aromatic heterocycles. The molecule has 0 N–H and O–H groups in total. The Morgan fingerprint density at radius 3 is 2.42 bits per heavy atom. The van der Waals surface area contributed by atoms with Crippen LogP contribution in [0.15, 0.2) is 5.10 Å². The van der Waals surface area contributed by atoms with Gasteiger partial charge in [0.2, 0.25) is 0 Å². The van der Waals surface area contributed by atoms with Gasteiger partial charge in [-0.15, -0.1) is 0 Å². The summed E-state index contributed by atoms with van der Waals surface area (Å²) in [4.78, 5) is 19.6. The Kier molecular flexibility index (Phi) is 1.90. The number of nitro groups is 2. The lowest BCUT2D eigenvalue weighted by Gasteiger charge is -2.01. The van der Waals surface area contributed by atoms with Crippen LogP contribution in [0.5, 0.6) is 0 Å². The monoisotopic (exact) mass is 174 g/mol.